The van der Waals surface area contributed by atoms with Crippen LogP contribution in [0, 0.1) is 25.6 Å². The molecular formula is C62H83FN14O11. The number of likely N-dealkylation sites (N-methyl/N-ethyl adjacent to an activating group) is 1. The van der Waals surface area contributed by atoms with Gasteiger partial charge in [0.1, 0.15) is 25.3 Å². The standard InChI is InChI=1S/C62H83FN14O11/c1-41(2)57(72-56(78)19-25-84-28-30-86-31-29-85-26-22-69-73-65)60(81)71-53(9-6-20-67-61(64)82)59(80)70-47-13-11-44(12-14-47)40-88-62(83)74(5)24-27-87-55-34-54-51(33-52(55)63)58(79)46(38-77(54)48-16-17-48)37-76(36-45-18-21-66-43(4)32-45)50-8-7-23-75(39-50)49-15-10-42(3)68-35-49/h10-15,18,21,32-35,38,41,48,50,53,57H,6-9,16-17,19-20,22-31,36-37,39-40H2,1-5H3,(H,70,80)(H,71,81)(H,72,78)(H3,64,67,82)/t50-,53?,57?/m0/s1. The summed E-state index contributed by atoms with van der Waals surface area (Å²) in [7, 11) is 1.53. The fourth-order valence-corrected chi connectivity index (χ4v) is 10.1. The van der Waals surface area contributed by atoms with E-state index in [2.05, 4.69) is 67.8 Å². The molecule has 6 N–H and O–H groups in total. The Kier molecular flexibility index (Phi) is 26.1. The monoisotopic (exact) mass is 1220 g/mol. The average molecular weight is 1220 g/mol. The summed E-state index contributed by atoms with van der Waals surface area (Å²) in [5, 5.41) is 14.4. The van der Waals surface area contributed by atoms with Crippen LogP contribution in [0.4, 0.5) is 25.4 Å². The molecular weight excluding hydrogens is 1140 g/mol. The summed E-state index contributed by atoms with van der Waals surface area (Å²) in [4.78, 5) is 96.8. The number of piperidine rings is 1. The number of anilines is 2. The van der Waals surface area contributed by atoms with Crippen molar-refractivity contribution in [3.63, 3.8) is 0 Å². The first-order valence-corrected chi connectivity index (χ1v) is 29.9. The lowest BCUT2D eigenvalue weighted by atomic mass is 10.0. The number of aryl methyl sites for hydroxylation is 2. The summed E-state index contributed by atoms with van der Waals surface area (Å²) < 4.78 is 45.8. The molecule has 1 aliphatic carbocycles. The van der Waals surface area contributed by atoms with Crippen LogP contribution >= 0.6 is 0 Å². The Morgan fingerprint density at radius 3 is 2.32 bits per heavy atom. The molecule has 2 aromatic carbocycles. The van der Waals surface area contributed by atoms with E-state index in [9.17, 15) is 28.8 Å². The predicted molar refractivity (Wildman–Crippen MR) is 329 cm³/mol. The van der Waals surface area contributed by atoms with Gasteiger partial charge >= 0.3 is 12.1 Å². The minimum Gasteiger partial charge on any atom is -0.489 e. The van der Waals surface area contributed by atoms with E-state index in [4.69, 9.17) is 34.9 Å². The normalized spacial score (nSPS) is 14.6. The number of carbonyl (C=O) groups excluding carboxylic acids is 5. The Balaban J connectivity index is 0.894. The predicted octanol–water partition coefficient (Wildman–Crippen LogP) is 6.96. The largest absolute Gasteiger partial charge is 0.489 e. The highest BCUT2D eigenvalue weighted by atomic mass is 19.1. The second-order valence-corrected chi connectivity index (χ2v) is 22.4. The number of rotatable bonds is 35. The third-order valence-corrected chi connectivity index (χ3v) is 15.1. The molecule has 1 aliphatic heterocycles. The number of urea groups is 1. The van der Waals surface area contributed by atoms with Gasteiger partial charge in [-0.3, -0.25) is 34.0 Å². The quantitative estimate of drug-likeness (QED) is 0.0118. The van der Waals surface area contributed by atoms with Crippen molar-refractivity contribution in [3.8, 4) is 5.75 Å². The Morgan fingerprint density at radius 2 is 1.62 bits per heavy atom. The zero-order valence-corrected chi connectivity index (χ0v) is 50.9. The average Bonchev–Trinajstić information content (AvgIpc) is 1.81. The molecule has 3 aromatic heterocycles. The fraction of sp³-hybridized carbons (Fsp3) is 0.516. The number of hydrogen-bond donors (Lipinski definition) is 5. The SMILES string of the molecule is Cc1ccc(N2CCC[C@H](N(Cc3ccnc(C)c3)Cc3cn(C4CC4)c4cc(OCCN(C)C(=O)OCc5ccc(NC(=O)C(CCCNC(N)=O)NC(=O)C(NC(=O)CCOCCOCCOCCN=[N+]=[N-])C(C)C)cc5)c(F)cc4c3=O)C2)cn1. The van der Waals surface area contributed by atoms with Gasteiger partial charge in [-0.2, -0.15) is 0 Å². The number of pyridine rings is 3. The first-order valence-electron chi connectivity index (χ1n) is 29.9. The zero-order valence-electron chi connectivity index (χ0n) is 50.9. The molecule has 3 atom stereocenters. The molecule has 2 aliphatic rings. The lowest BCUT2D eigenvalue weighted by Crippen LogP contribution is -2.54. The van der Waals surface area contributed by atoms with Crippen molar-refractivity contribution in [1.82, 2.24) is 40.3 Å². The van der Waals surface area contributed by atoms with E-state index in [0.717, 1.165) is 61.4 Å². The number of primary amides is 1. The first-order chi connectivity index (χ1) is 42.5. The molecule has 26 heteroatoms. The van der Waals surface area contributed by atoms with Crippen LogP contribution < -0.4 is 42.1 Å². The van der Waals surface area contributed by atoms with Gasteiger partial charge in [0.05, 0.1) is 63.6 Å². The second kappa shape index (κ2) is 34.2. The summed E-state index contributed by atoms with van der Waals surface area (Å²) in [6.07, 6.45) is 9.15. The Hall–Kier alpha value is -8.42. The fourth-order valence-electron chi connectivity index (χ4n) is 10.1. The molecule has 6 amide bonds. The van der Waals surface area contributed by atoms with Crippen LogP contribution in [0.3, 0.4) is 0 Å². The highest BCUT2D eigenvalue weighted by molar-refractivity contribution is 5.98. The van der Waals surface area contributed by atoms with Crippen LogP contribution in [-0.2, 0) is 53.0 Å². The summed E-state index contributed by atoms with van der Waals surface area (Å²) in [6, 6.07) is 15.1. The molecule has 5 aromatic rings. The summed E-state index contributed by atoms with van der Waals surface area (Å²) in [5.74, 6) is -2.66. The molecule has 2 fully saturated rings. The maximum atomic E-state index is 16.1. The number of benzene rings is 2. The number of nitrogens with two attached hydrogens (primary N) is 1. The second-order valence-electron chi connectivity index (χ2n) is 22.4. The van der Waals surface area contributed by atoms with Gasteiger partial charge in [0.2, 0.25) is 17.7 Å². The van der Waals surface area contributed by atoms with Gasteiger partial charge in [0.15, 0.2) is 17.0 Å². The number of halogens is 1. The lowest BCUT2D eigenvalue weighted by molar-refractivity contribution is -0.132. The van der Waals surface area contributed by atoms with E-state index < -0.39 is 47.7 Å². The number of azide groups is 1. The minimum absolute atomic E-state index is 0.0311. The van der Waals surface area contributed by atoms with Crippen LogP contribution in [0.5, 0.6) is 5.75 Å². The van der Waals surface area contributed by atoms with Crippen molar-refractivity contribution in [2.24, 2.45) is 16.8 Å². The van der Waals surface area contributed by atoms with E-state index in [1.807, 2.05) is 44.6 Å². The molecule has 474 valence electrons. The Morgan fingerprint density at radius 1 is 0.875 bits per heavy atom. The summed E-state index contributed by atoms with van der Waals surface area (Å²) >= 11 is 0. The van der Waals surface area contributed by atoms with Gasteiger partial charge in [-0.05, 0) is 117 Å². The van der Waals surface area contributed by atoms with Crippen LogP contribution in [-0.4, -0.2) is 158 Å². The van der Waals surface area contributed by atoms with E-state index in [1.165, 1.54) is 18.0 Å². The molecule has 7 rings (SSSR count). The Labute approximate surface area is 511 Å². The van der Waals surface area contributed by atoms with Gasteiger partial charge < -0.3 is 65.1 Å². The van der Waals surface area contributed by atoms with Crippen molar-refractivity contribution in [3.05, 3.63) is 134 Å². The molecule has 88 heavy (non-hydrogen) atoms. The van der Waals surface area contributed by atoms with Gasteiger partial charge in [0, 0.05) is 116 Å². The molecule has 4 heterocycles. The van der Waals surface area contributed by atoms with E-state index in [1.54, 1.807) is 44.2 Å². The van der Waals surface area contributed by atoms with E-state index in [0.29, 0.717) is 55.2 Å². The van der Waals surface area contributed by atoms with Crippen molar-refractivity contribution >= 4 is 52.1 Å². The number of hydrogen-bond acceptors (Lipinski definition) is 16. The third kappa shape index (κ3) is 21.2. The highest BCUT2D eigenvalue weighted by Crippen LogP contribution is 2.38. The Bertz CT molecular complexity index is 3230. The number of fused-ring (bicyclic) bond motifs is 1. The molecule has 25 nitrogen and oxygen atoms in total. The topological polar surface area (TPSA) is 312 Å². The summed E-state index contributed by atoms with van der Waals surface area (Å²) in [6.45, 7) is 11.9. The van der Waals surface area contributed by atoms with Crippen molar-refractivity contribution in [2.45, 2.75) is 117 Å². The number of ether oxygens (including phenoxy) is 5. The zero-order chi connectivity index (χ0) is 63.0. The molecule has 0 spiro atoms. The number of nitrogens with one attached hydrogen (secondary N) is 4. The maximum absolute atomic E-state index is 16.1. The molecule has 2 unspecified atom stereocenters. The highest BCUT2D eigenvalue weighted by Gasteiger charge is 2.32. The van der Waals surface area contributed by atoms with Crippen molar-refractivity contribution in [1.29, 1.82) is 0 Å². The smallest absolute Gasteiger partial charge is 0.409 e. The van der Waals surface area contributed by atoms with Crippen molar-refractivity contribution < 1.29 is 52.0 Å². The van der Waals surface area contributed by atoms with Crippen molar-refractivity contribution in [2.75, 3.05) is 96.2 Å². The van der Waals surface area contributed by atoms with Gasteiger partial charge in [0.25, 0.3) is 0 Å². The van der Waals surface area contributed by atoms with Crippen LogP contribution in [0.2, 0.25) is 0 Å². The van der Waals surface area contributed by atoms with E-state index in [-0.39, 0.29) is 106 Å². The first kappa shape index (κ1) is 67.1. The number of amides is 6. The summed E-state index contributed by atoms with van der Waals surface area (Å²) in [5.41, 5.74) is 19.5. The molecule has 0 radical (unpaired) electrons. The third-order valence-electron chi connectivity index (χ3n) is 15.1. The van der Waals surface area contributed by atoms with Crippen LogP contribution in [0.15, 0.2) is 89.2 Å². The molecule has 0 bridgehead atoms. The van der Waals surface area contributed by atoms with E-state index >= 15 is 4.39 Å². The van der Waals surface area contributed by atoms with Crippen LogP contribution in [0.25, 0.3) is 21.3 Å². The maximum Gasteiger partial charge on any atom is 0.409 e. The van der Waals surface area contributed by atoms with Gasteiger partial charge in [-0.1, -0.05) is 31.1 Å². The van der Waals surface area contributed by atoms with Gasteiger partial charge in [-0.25, -0.2) is 14.0 Å². The minimum atomic E-state index is -1.07. The van der Waals surface area contributed by atoms with Crippen LogP contribution in [0.1, 0.15) is 92.9 Å². The number of aromatic nitrogens is 3. The molecule has 1 saturated carbocycles. The lowest BCUT2D eigenvalue weighted by Gasteiger charge is -2.40. The number of nitrogens with zero attached hydrogens (tertiary/aromatic N) is 9. The molecule has 1 saturated heterocycles. The number of carbonyl (C=O) groups is 5. The van der Waals surface area contributed by atoms with Gasteiger partial charge in [-0.15, -0.1) is 0 Å².